The molecule has 1 unspecified atom stereocenters. The van der Waals surface area contributed by atoms with Crippen molar-refractivity contribution in [3.63, 3.8) is 0 Å². The lowest BCUT2D eigenvalue weighted by Crippen LogP contribution is -2.44. The third kappa shape index (κ3) is 3.76. The topological polar surface area (TPSA) is 88.5 Å². The molecule has 1 heterocycles. The molecule has 2 rings (SSSR count). The lowest BCUT2D eigenvalue weighted by Gasteiger charge is -2.13. The van der Waals surface area contributed by atoms with Crippen LogP contribution < -0.4 is 5.32 Å². The average Bonchev–Trinajstić information content (AvgIpc) is 2.47. The second kappa shape index (κ2) is 6.81. The van der Waals surface area contributed by atoms with Crippen molar-refractivity contribution in [1.82, 2.24) is 10.3 Å². The van der Waals surface area contributed by atoms with Crippen LogP contribution in [0.5, 0.6) is 0 Å². The van der Waals surface area contributed by atoms with E-state index in [4.69, 9.17) is 9.84 Å². The van der Waals surface area contributed by atoms with Crippen molar-refractivity contribution in [1.29, 1.82) is 0 Å². The molecule has 0 spiro atoms. The number of nitrogens with zero attached hydrogens (tertiary/aromatic N) is 1. The van der Waals surface area contributed by atoms with E-state index in [1.165, 1.54) is 7.11 Å². The Morgan fingerprint density at radius 1 is 1.33 bits per heavy atom. The number of amides is 1. The van der Waals surface area contributed by atoms with Gasteiger partial charge in [0, 0.05) is 18.7 Å². The number of aliphatic carboxylic acids is 1. The molecule has 0 fully saturated rings. The summed E-state index contributed by atoms with van der Waals surface area (Å²) in [6, 6.07) is 8.25. The summed E-state index contributed by atoms with van der Waals surface area (Å²) in [5.74, 6) is -1.50. The van der Waals surface area contributed by atoms with Crippen LogP contribution in [0.25, 0.3) is 10.9 Å². The maximum absolute atomic E-state index is 12.0. The van der Waals surface area contributed by atoms with Crippen LogP contribution in [0, 0.1) is 0 Å². The number of pyridine rings is 1. The molecule has 6 heteroatoms. The Labute approximate surface area is 121 Å². The van der Waals surface area contributed by atoms with E-state index >= 15 is 0 Å². The highest BCUT2D eigenvalue weighted by molar-refractivity contribution is 5.89. The highest BCUT2D eigenvalue weighted by Crippen LogP contribution is 2.16. The number of para-hydroxylation sites is 1. The van der Waals surface area contributed by atoms with Gasteiger partial charge in [-0.15, -0.1) is 0 Å². The first-order chi connectivity index (χ1) is 10.1. The number of hydrogen-bond acceptors (Lipinski definition) is 4. The molecule has 6 nitrogen and oxygen atoms in total. The van der Waals surface area contributed by atoms with Crippen LogP contribution in [0.15, 0.2) is 36.5 Å². The van der Waals surface area contributed by atoms with Gasteiger partial charge in [-0.1, -0.05) is 24.3 Å². The maximum Gasteiger partial charge on any atom is 0.328 e. The van der Waals surface area contributed by atoms with Crippen LogP contribution in [-0.2, 0) is 20.7 Å². The summed E-state index contributed by atoms with van der Waals surface area (Å²) in [7, 11) is 1.39. The van der Waals surface area contributed by atoms with Gasteiger partial charge in [0.25, 0.3) is 0 Å². The van der Waals surface area contributed by atoms with Crippen LogP contribution in [0.1, 0.15) is 5.56 Å². The second-order valence-electron chi connectivity index (χ2n) is 4.58. The van der Waals surface area contributed by atoms with Crippen LogP contribution in [0.3, 0.4) is 0 Å². The summed E-state index contributed by atoms with van der Waals surface area (Å²) < 4.78 is 4.78. The predicted molar refractivity (Wildman–Crippen MR) is 76.9 cm³/mol. The number of methoxy groups -OCH3 is 1. The Balaban J connectivity index is 2.13. The largest absolute Gasteiger partial charge is 0.480 e. The summed E-state index contributed by atoms with van der Waals surface area (Å²) in [6.07, 6.45) is 1.73. The molecule has 0 saturated heterocycles. The van der Waals surface area contributed by atoms with Crippen molar-refractivity contribution in [3.05, 3.63) is 42.1 Å². The molecular formula is C15H16N2O4. The molecule has 0 bridgehead atoms. The first-order valence-electron chi connectivity index (χ1n) is 6.45. The number of carboxylic acids is 1. The molecule has 1 amide bonds. The maximum atomic E-state index is 12.0. The molecule has 1 atom stereocenters. The van der Waals surface area contributed by atoms with Gasteiger partial charge < -0.3 is 15.2 Å². The minimum Gasteiger partial charge on any atom is -0.480 e. The third-order valence-corrected chi connectivity index (χ3v) is 3.03. The van der Waals surface area contributed by atoms with Gasteiger partial charge in [-0.25, -0.2) is 4.79 Å². The van der Waals surface area contributed by atoms with Gasteiger partial charge in [0.05, 0.1) is 18.5 Å². The van der Waals surface area contributed by atoms with E-state index in [1.54, 1.807) is 12.3 Å². The van der Waals surface area contributed by atoms with E-state index in [1.807, 2.05) is 24.3 Å². The second-order valence-corrected chi connectivity index (χ2v) is 4.58. The Morgan fingerprint density at radius 2 is 2.10 bits per heavy atom. The number of ether oxygens (including phenoxy) is 1. The zero-order valence-electron chi connectivity index (χ0n) is 11.6. The monoisotopic (exact) mass is 288 g/mol. The Morgan fingerprint density at radius 3 is 2.81 bits per heavy atom. The molecule has 1 aromatic carbocycles. The van der Waals surface area contributed by atoms with Crippen molar-refractivity contribution < 1.29 is 19.4 Å². The van der Waals surface area contributed by atoms with Crippen molar-refractivity contribution in [2.75, 3.05) is 13.7 Å². The van der Waals surface area contributed by atoms with Crippen LogP contribution in [0.4, 0.5) is 0 Å². The summed E-state index contributed by atoms with van der Waals surface area (Å²) >= 11 is 0. The van der Waals surface area contributed by atoms with E-state index in [0.29, 0.717) is 0 Å². The third-order valence-electron chi connectivity index (χ3n) is 3.03. The molecule has 1 aromatic heterocycles. The Bertz CT molecular complexity index is 652. The normalized spacial score (nSPS) is 12.0. The van der Waals surface area contributed by atoms with Crippen molar-refractivity contribution in [2.45, 2.75) is 12.5 Å². The van der Waals surface area contributed by atoms with E-state index in [2.05, 4.69) is 10.3 Å². The number of carbonyl (C=O) groups excluding carboxylic acids is 1. The van der Waals surface area contributed by atoms with E-state index in [0.717, 1.165) is 16.5 Å². The molecule has 0 radical (unpaired) electrons. The van der Waals surface area contributed by atoms with Crippen molar-refractivity contribution in [3.8, 4) is 0 Å². The predicted octanol–water partition coefficient (Wildman–Crippen LogP) is 0.993. The van der Waals surface area contributed by atoms with Gasteiger partial charge in [-0.3, -0.25) is 9.78 Å². The molecule has 0 saturated carbocycles. The van der Waals surface area contributed by atoms with Gasteiger partial charge in [0.1, 0.15) is 0 Å². The highest BCUT2D eigenvalue weighted by atomic mass is 16.5. The smallest absolute Gasteiger partial charge is 0.328 e. The number of benzene rings is 1. The zero-order chi connectivity index (χ0) is 15.2. The fraction of sp³-hybridized carbons (Fsp3) is 0.267. The number of hydrogen-bond donors (Lipinski definition) is 2. The van der Waals surface area contributed by atoms with Gasteiger partial charge in [0.15, 0.2) is 6.04 Å². The van der Waals surface area contributed by atoms with E-state index in [-0.39, 0.29) is 18.9 Å². The summed E-state index contributed by atoms with van der Waals surface area (Å²) in [6.45, 7) is -0.0745. The standard InChI is InChI=1S/C15H16N2O4/c1-21-9-12(15(19)20)17-13(18)8-11-5-2-4-10-6-3-7-16-14(10)11/h2-7,12H,8-9H2,1H3,(H,17,18)(H,19,20). The molecule has 0 aliphatic rings. The lowest BCUT2D eigenvalue weighted by molar-refractivity contribution is -0.143. The first kappa shape index (κ1) is 14.9. The number of rotatable bonds is 6. The lowest BCUT2D eigenvalue weighted by atomic mass is 10.1. The fourth-order valence-electron chi connectivity index (χ4n) is 2.07. The molecule has 21 heavy (non-hydrogen) atoms. The zero-order valence-corrected chi connectivity index (χ0v) is 11.6. The molecule has 0 aliphatic heterocycles. The number of aromatic nitrogens is 1. The molecule has 2 N–H and O–H groups in total. The van der Waals surface area contributed by atoms with Gasteiger partial charge in [0.2, 0.25) is 5.91 Å². The minimum absolute atomic E-state index is 0.0713. The quantitative estimate of drug-likeness (QED) is 0.827. The highest BCUT2D eigenvalue weighted by Gasteiger charge is 2.20. The molecular weight excluding hydrogens is 272 g/mol. The Hall–Kier alpha value is -2.47. The van der Waals surface area contributed by atoms with Crippen LogP contribution >= 0.6 is 0 Å². The number of carboxylic acid groups (broad SMARTS) is 1. The van der Waals surface area contributed by atoms with Gasteiger partial charge in [-0.2, -0.15) is 0 Å². The summed E-state index contributed by atoms with van der Waals surface area (Å²) in [5.41, 5.74) is 1.50. The number of nitrogens with one attached hydrogen (secondary N) is 1. The summed E-state index contributed by atoms with van der Waals surface area (Å²) in [4.78, 5) is 27.2. The minimum atomic E-state index is -1.12. The molecule has 0 aliphatic carbocycles. The van der Waals surface area contributed by atoms with Crippen LogP contribution in [0.2, 0.25) is 0 Å². The van der Waals surface area contributed by atoms with E-state index in [9.17, 15) is 9.59 Å². The number of carbonyl (C=O) groups is 2. The average molecular weight is 288 g/mol. The number of fused-ring (bicyclic) bond motifs is 1. The van der Waals surface area contributed by atoms with Crippen molar-refractivity contribution in [2.24, 2.45) is 0 Å². The van der Waals surface area contributed by atoms with E-state index < -0.39 is 12.0 Å². The SMILES string of the molecule is COCC(NC(=O)Cc1cccc2cccnc12)C(=O)O. The van der Waals surface area contributed by atoms with Crippen LogP contribution in [-0.4, -0.2) is 41.7 Å². The van der Waals surface area contributed by atoms with Crippen molar-refractivity contribution >= 4 is 22.8 Å². The van der Waals surface area contributed by atoms with Gasteiger partial charge in [-0.05, 0) is 11.6 Å². The molecule has 2 aromatic rings. The summed E-state index contributed by atoms with van der Waals surface area (Å²) in [5, 5.41) is 12.4. The fourth-order valence-corrected chi connectivity index (χ4v) is 2.07. The molecule has 110 valence electrons. The Kier molecular flexibility index (Phi) is 4.84. The first-order valence-corrected chi connectivity index (χ1v) is 6.45. The van der Waals surface area contributed by atoms with Gasteiger partial charge >= 0.3 is 5.97 Å².